The predicted octanol–water partition coefficient (Wildman–Crippen LogP) is 3.35. The highest BCUT2D eigenvalue weighted by molar-refractivity contribution is 7.99. The number of hydrogen-bond donors (Lipinski definition) is 1. The largest absolute Gasteiger partial charge is 0.466 e. The Labute approximate surface area is 173 Å². The second-order valence-corrected chi connectivity index (χ2v) is 8.19. The molecule has 1 N–H and O–H groups in total. The smallest absolute Gasteiger partial charge is 0.330 e. The predicted molar refractivity (Wildman–Crippen MR) is 110 cm³/mol. The van der Waals surface area contributed by atoms with Gasteiger partial charge in [0.15, 0.2) is 6.61 Å². The van der Waals surface area contributed by atoms with Crippen LogP contribution in [0.3, 0.4) is 0 Å². The van der Waals surface area contributed by atoms with E-state index < -0.39 is 24.5 Å². The van der Waals surface area contributed by atoms with Crippen molar-refractivity contribution in [1.82, 2.24) is 4.90 Å². The molecule has 1 saturated heterocycles. The third kappa shape index (κ3) is 4.64. The molecule has 0 radical (unpaired) electrons. The zero-order valence-corrected chi connectivity index (χ0v) is 17.7. The SMILES string of the molecule is CC(=O)N1[C@@H](C(=O)OCC(=O)Nc2c(C)cc(C)cc2C)CS[C@H]1c1ccco1. The van der Waals surface area contributed by atoms with Crippen molar-refractivity contribution in [3.63, 3.8) is 0 Å². The van der Waals surface area contributed by atoms with E-state index in [2.05, 4.69) is 5.32 Å². The lowest BCUT2D eigenvalue weighted by molar-refractivity contribution is -0.155. The number of amides is 2. The van der Waals surface area contributed by atoms with Gasteiger partial charge in [-0.15, -0.1) is 11.8 Å². The first-order valence-corrected chi connectivity index (χ1v) is 10.3. The first-order chi connectivity index (χ1) is 13.8. The Morgan fingerprint density at radius 2 is 1.93 bits per heavy atom. The highest BCUT2D eigenvalue weighted by Gasteiger charge is 2.43. The van der Waals surface area contributed by atoms with Gasteiger partial charge in [0.25, 0.3) is 5.91 Å². The molecular weight excluding hydrogens is 392 g/mol. The molecular formula is C21H24N2O5S. The molecule has 0 aliphatic carbocycles. The van der Waals surface area contributed by atoms with Crippen molar-refractivity contribution in [3.8, 4) is 0 Å². The quantitative estimate of drug-likeness (QED) is 0.752. The maximum absolute atomic E-state index is 12.6. The average molecular weight is 416 g/mol. The van der Waals surface area contributed by atoms with Crippen molar-refractivity contribution in [1.29, 1.82) is 0 Å². The molecule has 0 spiro atoms. The number of thioether (sulfide) groups is 1. The van der Waals surface area contributed by atoms with Crippen LogP contribution in [0, 0.1) is 20.8 Å². The maximum atomic E-state index is 12.6. The second-order valence-electron chi connectivity index (χ2n) is 7.07. The zero-order chi connectivity index (χ0) is 21.1. The fraction of sp³-hybridized carbons (Fsp3) is 0.381. The van der Waals surface area contributed by atoms with Crippen molar-refractivity contribution in [2.75, 3.05) is 17.7 Å². The van der Waals surface area contributed by atoms with E-state index in [0.29, 0.717) is 11.5 Å². The molecule has 1 aliphatic heterocycles. The molecule has 1 fully saturated rings. The van der Waals surface area contributed by atoms with Crippen molar-refractivity contribution >= 4 is 35.2 Å². The van der Waals surface area contributed by atoms with E-state index in [0.717, 1.165) is 22.4 Å². The van der Waals surface area contributed by atoms with Crippen LogP contribution in [0.15, 0.2) is 34.9 Å². The summed E-state index contributed by atoms with van der Waals surface area (Å²) >= 11 is 1.43. The highest BCUT2D eigenvalue weighted by atomic mass is 32.2. The number of carbonyl (C=O) groups excluding carboxylic acids is 3. The van der Waals surface area contributed by atoms with E-state index in [-0.39, 0.29) is 11.3 Å². The molecule has 0 saturated carbocycles. The van der Waals surface area contributed by atoms with Crippen molar-refractivity contribution in [3.05, 3.63) is 53.0 Å². The minimum atomic E-state index is -0.761. The lowest BCUT2D eigenvalue weighted by atomic mass is 10.1. The van der Waals surface area contributed by atoms with Gasteiger partial charge in [-0.1, -0.05) is 17.7 Å². The van der Waals surface area contributed by atoms with Gasteiger partial charge >= 0.3 is 5.97 Å². The molecule has 0 bridgehead atoms. The third-order valence-corrected chi connectivity index (χ3v) is 5.99. The Hall–Kier alpha value is -2.74. The van der Waals surface area contributed by atoms with Crippen LogP contribution < -0.4 is 5.32 Å². The van der Waals surface area contributed by atoms with E-state index in [4.69, 9.17) is 9.15 Å². The number of aryl methyl sites for hydroxylation is 3. The lowest BCUT2D eigenvalue weighted by Crippen LogP contribution is -2.43. The molecule has 2 atom stereocenters. The van der Waals surface area contributed by atoms with Crippen LogP contribution in [-0.2, 0) is 19.1 Å². The minimum absolute atomic E-state index is 0.256. The van der Waals surface area contributed by atoms with E-state index in [1.54, 1.807) is 12.1 Å². The van der Waals surface area contributed by atoms with E-state index in [9.17, 15) is 14.4 Å². The Morgan fingerprint density at radius 1 is 1.24 bits per heavy atom. The Morgan fingerprint density at radius 3 is 2.52 bits per heavy atom. The molecule has 7 nitrogen and oxygen atoms in total. The van der Waals surface area contributed by atoms with Gasteiger partial charge < -0.3 is 19.4 Å². The molecule has 1 aliphatic rings. The van der Waals surface area contributed by atoms with E-state index >= 15 is 0 Å². The van der Waals surface area contributed by atoms with Crippen LogP contribution in [0.2, 0.25) is 0 Å². The standard InChI is InChI=1S/C21H24N2O5S/c1-12-8-13(2)19(14(3)9-12)22-18(25)10-28-21(26)16-11-29-20(23(16)15(4)24)17-6-5-7-27-17/h5-9,16,20H,10-11H2,1-4H3,(H,22,25)/t16-,20+/m1/s1. The summed E-state index contributed by atoms with van der Waals surface area (Å²) in [4.78, 5) is 38.4. The summed E-state index contributed by atoms with van der Waals surface area (Å²) in [7, 11) is 0. The number of nitrogens with zero attached hydrogens (tertiary/aromatic N) is 1. The van der Waals surface area contributed by atoms with E-state index in [1.807, 2.05) is 32.9 Å². The Kier molecular flexibility index (Phi) is 6.32. The van der Waals surface area contributed by atoms with Gasteiger partial charge in [-0.25, -0.2) is 4.79 Å². The summed E-state index contributed by atoms with van der Waals surface area (Å²) in [6, 6.07) is 6.69. The van der Waals surface area contributed by atoms with Crippen LogP contribution in [0.25, 0.3) is 0 Å². The molecule has 2 heterocycles. The summed E-state index contributed by atoms with van der Waals surface area (Å²) in [6.07, 6.45) is 1.53. The van der Waals surface area contributed by atoms with Crippen molar-refractivity contribution < 1.29 is 23.5 Å². The number of ether oxygens (including phenoxy) is 1. The van der Waals surface area contributed by atoms with Crippen LogP contribution in [-0.4, -0.2) is 41.1 Å². The summed E-state index contributed by atoms with van der Waals surface area (Å²) in [6.45, 7) is 6.80. The second kappa shape index (κ2) is 8.73. The molecule has 2 aromatic rings. The van der Waals surface area contributed by atoms with Crippen LogP contribution >= 0.6 is 11.8 Å². The summed E-state index contributed by atoms with van der Waals surface area (Å²) in [5, 5.41) is 2.42. The first kappa shape index (κ1) is 21.0. The van der Waals surface area contributed by atoms with Crippen molar-refractivity contribution in [2.24, 2.45) is 0 Å². The normalized spacial score (nSPS) is 18.6. The van der Waals surface area contributed by atoms with Gasteiger partial charge in [0.2, 0.25) is 5.91 Å². The number of benzene rings is 1. The number of nitrogens with one attached hydrogen (secondary N) is 1. The third-order valence-electron chi connectivity index (χ3n) is 4.71. The summed E-state index contributed by atoms with van der Waals surface area (Å²) in [5.41, 5.74) is 3.71. The molecule has 29 heavy (non-hydrogen) atoms. The molecule has 0 unspecified atom stereocenters. The van der Waals surface area contributed by atoms with Crippen LogP contribution in [0.4, 0.5) is 5.69 Å². The van der Waals surface area contributed by atoms with Crippen LogP contribution in [0.5, 0.6) is 0 Å². The molecule has 8 heteroatoms. The summed E-state index contributed by atoms with van der Waals surface area (Å²) in [5.74, 6) is -0.302. The number of anilines is 1. The average Bonchev–Trinajstić information content (AvgIpc) is 3.31. The topological polar surface area (TPSA) is 88.8 Å². The molecule has 1 aromatic heterocycles. The van der Waals surface area contributed by atoms with Gasteiger partial charge in [-0.3, -0.25) is 9.59 Å². The van der Waals surface area contributed by atoms with Gasteiger partial charge in [0.05, 0.1) is 6.26 Å². The van der Waals surface area contributed by atoms with Gasteiger partial charge in [0.1, 0.15) is 17.2 Å². The van der Waals surface area contributed by atoms with Gasteiger partial charge in [-0.2, -0.15) is 0 Å². The number of rotatable bonds is 5. The molecule has 2 amide bonds. The highest BCUT2D eigenvalue weighted by Crippen LogP contribution is 2.41. The minimum Gasteiger partial charge on any atom is -0.466 e. The Balaban J connectivity index is 1.61. The first-order valence-electron chi connectivity index (χ1n) is 9.26. The number of hydrogen-bond acceptors (Lipinski definition) is 6. The van der Waals surface area contributed by atoms with Gasteiger partial charge in [-0.05, 0) is 44.0 Å². The number of carbonyl (C=O) groups is 3. The monoisotopic (exact) mass is 416 g/mol. The molecule has 1 aromatic carbocycles. The molecule has 154 valence electrons. The maximum Gasteiger partial charge on any atom is 0.330 e. The van der Waals surface area contributed by atoms with E-state index in [1.165, 1.54) is 29.8 Å². The van der Waals surface area contributed by atoms with Gasteiger partial charge in [0, 0.05) is 18.4 Å². The van der Waals surface area contributed by atoms with Crippen LogP contribution in [0.1, 0.15) is 34.7 Å². The number of esters is 1. The Bertz CT molecular complexity index is 902. The molecule has 3 rings (SSSR count). The summed E-state index contributed by atoms with van der Waals surface area (Å²) < 4.78 is 10.6. The fourth-order valence-electron chi connectivity index (χ4n) is 3.51. The number of furan rings is 1. The zero-order valence-electron chi connectivity index (χ0n) is 16.9. The van der Waals surface area contributed by atoms with Crippen molar-refractivity contribution in [2.45, 2.75) is 39.1 Å². The lowest BCUT2D eigenvalue weighted by Gasteiger charge is -2.25. The fourth-order valence-corrected chi connectivity index (χ4v) is 4.92.